The van der Waals surface area contributed by atoms with Crippen LogP contribution in [0.4, 0.5) is 5.69 Å². The zero-order chi connectivity index (χ0) is 14.1. The minimum Gasteiger partial charge on any atom is -0.260 e. The second kappa shape index (κ2) is 5.59. The van der Waals surface area contributed by atoms with Gasteiger partial charge in [0.25, 0.3) is 0 Å². The zero-order valence-corrected chi connectivity index (χ0v) is 12.5. The van der Waals surface area contributed by atoms with Crippen molar-refractivity contribution in [3.63, 3.8) is 0 Å². The summed E-state index contributed by atoms with van der Waals surface area (Å²) in [5.41, 5.74) is 5.02. The number of aryl methyl sites for hydroxylation is 1. The van der Waals surface area contributed by atoms with E-state index < -0.39 is 0 Å². The van der Waals surface area contributed by atoms with E-state index in [9.17, 15) is 0 Å². The Balaban J connectivity index is 1.83. The molecule has 21 heavy (non-hydrogen) atoms. The maximum absolute atomic E-state index is 4.96. The summed E-state index contributed by atoms with van der Waals surface area (Å²) >= 11 is 0. The molecule has 0 unspecified atom stereocenters. The second-order valence-corrected chi connectivity index (χ2v) is 6.43. The van der Waals surface area contributed by atoms with Crippen molar-refractivity contribution in [2.24, 2.45) is 10.9 Å². The largest absolute Gasteiger partial charge is 0.260 e. The van der Waals surface area contributed by atoms with Crippen LogP contribution in [0, 0.1) is 5.92 Å². The first kappa shape index (κ1) is 13.0. The van der Waals surface area contributed by atoms with Gasteiger partial charge in [0.1, 0.15) is 0 Å². The minimum atomic E-state index is 0.691. The summed E-state index contributed by atoms with van der Waals surface area (Å²) in [6.07, 6.45) is 12.4. The van der Waals surface area contributed by atoms with E-state index in [1.807, 2.05) is 0 Å². The van der Waals surface area contributed by atoms with Gasteiger partial charge in [-0.15, -0.1) is 0 Å². The first-order valence-electron chi connectivity index (χ1n) is 8.36. The van der Waals surface area contributed by atoms with E-state index in [1.165, 1.54) is 60.9 Å². The van der Waals surface area contributed by atoms with E-state index in [1.54, 1.807) is 0 Å². The number of hydrogen-bond donors (Lipinski definition) is 0. The number of hydrogen-bond acceptors (Lipinski definition) is 2. The average molecular weight is 278 g/mol. The summed E-state index contributed by atoms with van der Waals surface area (Å²) in [6.45, 7) is 0. The van der Waals surface area contributed by atoms with Gasteiger partial charge in [0, 0.05) is 17.3 Å². The highest BCUT2D eigenvalue weighted by molar-refractivity contribution is 5.93. The third-order valence-electron chi connectivity index (χ3n) is 4.95. The van der Waals surface area contributed by atoms with E-state index in [4.69, 9.17) is 9.98 Å². The van der Waals surface area contributed by atoms with Crippen molar-refractivity contribution in [2.75, 3.05) is 0 Å². The second-order valence-electron chi connectivity index (χ2n) is 6.43. The lowest BCUT2D eigenvalue weighted by Crippen LogP contribution is -2.06. The fraction of sp³-hybridized carbons (Fsp3) is 0.474. The number of rotatable bonds is 2. The third-order valence-corrected chi connectivity index (χ3v) is 4.95. The minimum absolute atomic E-state index is 0.691. The molecule has 0 spiro atoms. The van der Waals surface area contributed by atoms with E-state index in [-0.39, 0.29) is 0 Å². The van der Waals surface area contributed by atoms with Crippen LogP contribution in [-0.2, 0) is 12.8 Å². The lowest BCUT2D eigenvalue weighted by atomic mass is 9.93. The van der Waals surface area contributed by atoms with Crippen molar-refractivity contribution in [1.29, 1.82) is 0 Å². The number of benzene rings is 1. The van der Waals surface area contributed by atoms with Gasteiger partial charge in [0.2, 0.25) is 0 Å². The van der Waals surface area contributed by atoms with Gasteiger partial charge in [0.05, 0.1) is 11.2 Å². The standard InChI is InChI=1S/C19H22N2/c1-2-8-14(7-1)13-20-19-15-9-3-5-11-17(15)21-18-12-6-4-10-16(18)19/h3,5,9,11,13-14H,1-2,4,6-8,10,12H2/b20-13+. The molecule has 4 rings (SSSR count). The molecular weight excluding hydrogens is 256 g/mol. The molecule has 1 aromatic heterocycles. The van der Waals surface area contributed by atoms with E-state index >= 15 is 0 Å². The lowest BCUT2D eigenvalue weighted by Gasteiger charge is -2.18. The topological polar surface area (TPSA) is 25.2 Å². The monoisotopic (exact) mass is 278 g/mol. The maximum atomic E-state index is 4.96. The van der Waals surface area contributed by atoms with Crippen LogP contribution >= 0.6 is 0 Å². The molecule has 2 aliphatic rings. The first-order chi connectivity index (χ1) is 10.4. The average Bonchev–Trinajstić information content (AvgIpc) is 3.05. The molecule has 1 fully saturated rings. The van der Waals surface area contributed by atoms with Crippen molar-refractivity contribution in [3.8, 4) is 0 Å². The number of aliphatic imine (C=N–C) groups is 1. The Labute approximate surface area is 126 Å². The van der Waals surface area contributed by atoms with Gasteiger partial charge in [0.15, 0.2) is 0 Å². The van der Waals surface area contributed by atoms with Crippen LogP contribution in [0.2, 0.25) is 0 Å². The molecule has 1 aromatic carbocycles. The fourth-order valence-corrected chi connectivity index (χ4v) is 3.78. The summed E-state index contributed by atoms with van der Waals surface area (Å²) in [7, 11) is 0. The molecule has 1 saturated carbocycles. The van der Waals surface area contributed by atoms with Crippen molar-refractivity contribution in [1.82, 2.24) is 4.98 Å². The smallest absolute Gasteiger partial charge is 0.0769 e. The Morgan fingerprint density at radius 3 is 2.71 bits per heavy atom. The zero-order valence-electron chi connectivity index (χ0n) is 12.5. The highest BCUT2D eigenvalue weighted by Crippen LogP contribution is 2.35. The molecule has 0 aliphatic heterocycles. The summed E-state index contributed by atoms with van der Waals surface area (Å²) in [5, 5.41) is 1.23. The van der Waals surface area contributed by atoms with Gasteiger partial charge in [-0.25, -0.2) is 0 Å². The maximum Gasteiger partial charge on any atom is 0.0769 e. The number of nitrogens with zero attached hydrogens (tertiary/aromatic N) is 2. The van der Waals surface area contributed by atoms with Crippen molar-refractivity contribution in [2.45, 2.75) is 51.4 Å². The molecule has 2 aromatic rings. The van der Waals surface area contributed by atoms with Gasteiger partial charge in [-0.2, -0.15) is 0 Å². The first-order valence-corrected chi connectivity index (χ1v) is 8.36. The Morgan fingerprint density at radius 2 is 1.81 bits per heavy atom. The molecule has 2 nitrogen and oxygen atoms in total. The number of aromatic nitrogens is 1. The summed E-state index contributed by atoms with van der Waals surface area (Å²) in [6, 6.07) is 8.49. The van der Waals surface area contributed by atoms with Crippen LogP contribution in [0.25, 0.3) is 10.9 Å². The molecule has 0 saturated heterocycles. The summed E-state index contributed by atoms with van der Waals surface area (Å²) in [5.74, 6) is 0.691. The van der Waals surface area contributed by atoms with Crippen LogP contribution in [0.5, 0.6) is 0 Å². The van der Waals surface area contributed by atoms with E-state index in [0.29, 0.717) is 5.92 Å². The molecule has 1 heterocycles. The van der Waals surface area contributed by atoms with Crippen molar-refractivity contribution in [3.05, 3.63) is 35.5 Å². The molecule has 0 radical (unpaired) electrons. The molecule has 2 aliphatic carbocycles. The van der Waals surface area contributed by atoms with E-state index in [2.05, 4.69) is 30.5 Å². The number of para-hydroxylation sites is 1. The van der Waals surface area contributed by atoms with Crippen LogP contribution < -0.4 is 0 Å². The fourth-order valence-electron chi connectivity index (χ4n) is 3.78. The highest BCUT2D eigenvalue weighted by Gasteiger charge is 2.18. The SMILES string of the molecule is C(=N\c1c2c(nc3ccccc13)CCCC2)/C1CCCC1. The van der Waals surface area contributed by atoms with Crippen LogP contribution in [0.15, 0.2) is 29.3 Å². The summed E-state index contributed by atoms with van der Waals surface area (Å²) in [4.78, 5) is 9.85. The molecule has 0 atom stereocenters. The molecule has 0 N–H and O–H groups in total. The number of fused-ring (bicyclic) bond motifs is 2. The Bertz CT molecular complexity index is 681. The molecule has 108 valence electrons. The predicted octanol–water partition coefficient (Wildman–Crippen LogP) is 5.01. The van der Waals surface area contributed by atoms with Gasteiger partial charge in [-0.3, -0.25) is 9.98 Å². The predicted molar refractivity (Wildman–Crippen MR) is 88.5 cm³/mol. The van der Waals surface area contributed by atoms with Crippen LogP contribution in [0.1, 0.15) is 49.8 Å². The molecular formula is C19H22N2. The van der Waals surface area contributed by atoms with Crippen LogP contribution in [0.3, 0.4) is 0 Å². The quantitative estimate of drug-likeness (QED) is 0.709. The highest BCUT2D eigenvalue weighted by atomic mass is 14.8. The van der Waals surface area contributed by atoms with Crippen molar-refractivity contribution < 1.29 is 0 Å². The van der Waals surface area contributed by atoms with Gasteiger partial charge >= 0.3 is 0 Å². The van der Waals surface area contributed by atoms with Crippen molar-refractivity contribution >= 4 is 22.8 Å². The van der Waals surface area contributed by atoms with Crippen LogP contribution in [-0.4, -0.2) is 11.2 Å². The Kier molecular flexibility index (Phi) is 3.46. The molecule has 2 heteroatoms. The molecule has 0 bridgehead atoms. The number of pyridine rings is 1. The summed E-state index contributed by atoms with van der Waals surface area (Å²) < 4.78 is 0. The van der Waals surface area contributed by atoms with Gasteiger partial charge in [-0.05, 0) is 56.1 Å². The van der Waals surface area contributed by atoms with E-state index in [0.717, 1.165) is 18.4 Å². The third kappa shape index (κ3) is 2.48. The van der Waals surface area contributed by atoms with Gasteiger partial charge in [-0.1, -0.05) is 31.0 Å². The normalized spacial score (nSPS) is 19.4. The molecule has 0 amide bonds. The lowest BCUT2D eigenvalue weighted by molar-refractivity contribution is 0.671. The Hall–Kier alpha value is -1.70. The van der Waals surface area contributed by atoms with Gasteiger partial charge < -0.3 is 0 Å². The Morgan fingerprint density at radius 1 is 1.00 bits per heavy atom.